The van der Waals surface area contributed by atoms with Gasteiger partial charge in [0.1, 0.15) is 5.75 Å². The molecule has 0 saturated heterocycles. The Hall–Kier alpha value is -2.62. The molecule has 0 amide bonds. The molecule has 0 aliphatic carbocycles. The summed E-state index contributed by atoms with van der Waals surface area (Å²) in [5.41, 5.74) is 4.47. The van der Waals surface area contributed by atoms with E-state index in [-0.39, 0.29) is 5.92 Å². The van der Waals surface area contributed by atoms with Crippen LogP contribution in [0.2, 0.25) is 0 Å². The lowest BCUT2D eigenvalue weighted by atomic mass is 9.95. The van der Waals surface area contributed by atoms with Gasteiger partial charge in [-0.1, -0.05) is 84.9 Å². The van der Waals surface area contributed by atoms with Crippen LogP contribution in [0.1, 0.15) is 22.6 Å². The standard InChI is InChI=1S/C27H25ClNO3P/c28-16-22-17-29-25-15-26(23-13-7-8-14-24(23)27(22)25)32-33(30-18-20-9-3-1-4-10-20)31-19-21-11-5-2-6-12-21/h1-15,22,29H,16-19H2. The molecule has 0 radical (unpaired) electrons. The van der Waals surface area contributed by atoms with Crippen molar-refractivity contribution in [1.82, 2.24) is 0 Å². The number of benzene rings is 4. The number of hydrogen-bond acceptors (Lipinski definition) is 4. The topological polar surface area (TPSA) is 39.7 Å². The average Bonchev–Trinajstić information content (AvgIpc) is 3.30. The number of fused-ring (bicyclic) bond motifs is 3. The predicted molar refractivity (Wildman–Crippen MR) is 136 cm³/mol. The first kappa shape index (κ1) is 22.2. The van der Waals surface area contributed by atoms with Crippen LogP contribution in [-0.4, -0.2) is 12.4 Å². The van der Waals surface area contributed by atoms with Crippen molar-refractivity contribution in [2.75, 3.05) is 17.7 Å². The highest BCUT2D eigenvalue weighted by Gasteiger charge is 2.27. The molecule has 1 aliphatic heterocycles. The van der Waals surface area contributed by atoms with E-state index in [0.29, 0.717) is 19.1 Å². The predicted octanol–water partition coefficient (Wildman–Crippen LogP) is 7.63. The minimum absolute atomic E-state index is 0.283. The Balaban J connectivity index is 1.42. The van der Waals surface area contributed by atoms with Gasteiger partial charge in [-0.25, -0.2) is 0 Å². The van der Waals surface area contributed by atoms with Gasteiger partial charge in [0.05, 0.1) is 13.2 Å². The summed E-state index contributed by atoms with van der Waals surface area (Å²) < 4.78 is 18.7. The maximum absolute atomic E-state index is 6.41. The average molecular weight is 478 g/mol. The van der Waals surface area contributed by atoms with Crippen molar-refractivity contribution in [1.29, 1.82) is 0 Å². The summed E-state index contributed by atoms with van der Waals surface area (Å²) in [7, 11) is -1.63. The Morgan fingerprint density at radius 3 is 1.97 bits per heavy atom. The van der Waals surface area contributed by atoms with Gasteiger partial charge in [0.25, 0.3) is 0 Å². The number of rotatable bonds is 9. The van der Waals surface area contributed by atoms with Crippen LogP contribution < -0.4 is 9.84 Å². The highest BCUT2D eigenvalue weighted by atomic mass is 35.5. The molecule has 6 heteroatoms. The number of halogens is 1. The second-order valence-corrected chi connectivity index (χ2v) is 9.40. The van der Waals surface area contributed by atoms with Crippen LogP contribution in [0.15, 0.2) is 91.0 Å². The van der Waals surface area contributed by atoms with Crippen LogP contribution in [0.25, 0.3) is 10.8 Å². The van der Waals surface area contributed by atoms with Crippen molar-refractivity contribution in [2.45, 2.75) is 19.1 Å². The van der Waals surface area contributed by atoms with Crippen molar-refractivity contribution in [3.8, 4) is 5.75 Å². The summed E-state index contributed by atoms with van der Waals surface area (Å²) in [6, 6.07) is 30.5. The monoisotopic (exact) mass is 477 g/mol. The van der Waals surface area contributed by atoms with Crippen LogP contribution in [0, 0.1) is 0 Å². The number of alkyl halides is 1. The second-order valence-electron chi connectivity index (χ2n) is 7.95. The first-order chi connectivity index (χ1) is 16.3. The van der Waals surface area contributed by atoms with E-state index in [4.69, 9.17) is 25.2 Å². The van der Waals surface area contributed by atoms with Crippen molar-refractivity contribution >= 4 is 36.7 Å². The fourth-order valence-corrected chi connectivity index (χ4v) is 5.33. The van der Waals surface area contributed by atoms with E-state index >= 15 is 0 Å². The lowest BCUT2D eigenvalue weighted by Crippen LogP contribution is -2.03. The van der Waals surface area contributed by atoms with Crippen LogP contribution in [0.4, 0.5) is 5.69 Å². The minimum Gasteiger partial charge on any atom is -0.426 e. The lowest BCUT2D eigenvalue weighted by Gasteiger charge is -2.20. The van der Waals surface area contributed by atoms with Gasteiger partial charge in [-0.15, -0.1) is 11.6 Å². The maximum atomic E-state index is 6.41. The molecule has 4 aromatic carbocycles. The molecule has 0 saturated carbocycles. The van der Waals surface area contributed by atoms with Gasteiger partial charge in [-0.3, -0.25) is 9.05 Å². The quantitative estimate of drug-likeness (QED) is 0.199. The van der Waals surface area contributed by atoms with E-state index in [1.54, 1.807) is 0 Å². The number of anilines is 1. The van der Waals surface area contributed by atoms with Gasteiger partial charge in [-0.2, -0.15) is 0 Å². The van der Waals surface area contributed by atoms with Gasteiger partial charge in [-0.05, 0) is 22.1 Å². The zero-order chi connectivity index (χ0) is 22.5. The minimum atomic E-state index is -1.63. The van der Waals surface area contributed by atoms with Crippen LogP contribution in [0.5, 0.6) is 5.75 Å². The highest BCUT2D eigenvalue weighted by Crippen LogP contribution is 2.48. The molecule has 33 heavy (non-hydrogen) atoms. The summed E-state index contributed by atoms with van der Waals surface area (Å²) in [4.78, 5) is 0. The number of hydrogen-bond donors (Lipinski definition) is 1. The molecule has 1 N–H and O–H groups in total. The Morgan fingerprint density at radius 1 is 0.788 bits per heavy atom. The third-order valence-electron chi connectivity index (χ3n) is 5.71. The van der Waals surface area contributed by atoms with E-state index in [2.05, 4.69) is 29.6 Å². The number of nitrogens with one attached hydrogen (secondary N) is 1. The van der Waals surface area contributed by atoms with Gasteiger partial charge in [0.15, 0.2) is 0 Å². The largest absolute Gasteiger partial charge is 0.426 e. The van der Waals surface area contributed by atoms with Gasteiger partial charge in [0.2, 0.25) is 0 Å². The van der Waals surface area contributed by atoms with Gasteiger partial charge < -0.3 is 9.84 Å². The van der Waals surface area contributed by atoms with Crippen LogP contribution in [0.3, 0.4) is 0 Å². The molecular weight excluding hydrogens is 453 g/mol. The Morgan fingerprint density at radius 2 is 1.36 bits per heavy atom. The summed E-state index contributed by atoms with van der Waals surface area (Å²) >= 11 is 6.25. The van der Waals surface area contributed by atoms with Gasteiger partial charge >= 0.3 is 8.60 Å². The summed E-state index contributed by atoms with van der Waals surface area (Å²) in [6.45, 7) is 1.66. The summed E-state index contributed by atoms with van der Waals surface area (Å²) in [5, 5.41) is 5.67. The van der Waals surface area contributed by atoms with Gasteiger partial charge in [0, 0.05) is 35.5 Å². The Bertz CT molecular complexity index is 1160. The van der Waals surface area contributed by atoms with Crippen molar-refractivity contribution in [2.24, 2.45) is 0 Å². The fourth-order valence-electron chi connectivity index (χ4n) is 4.07. The molecule has 0 aromatic heterocycles. The molecule has 0 spiro atoms. The van der Waals surface area contributed by atoms with E-state index in [1.807, 2.05) is 66.7 Å². The fraction of sp³-hybridized carbons (Fsp3) is 0.185. The normalized spacial score (nSPS) is 14.9. The first-order valence-electron chi connectivity index (χ1n) is 11.0. The third kappa shape index (κ3) is 5.15. The molecule has 168 valence electrons. The molecule has 1 atom stereocenters. The Labute approximate surface area is 200 Å². The van der Waals surface area contributed by atoms with Crippen LogP contribution >= 0.6 is 20.2 Å². The highest BCUT2D eigenvalue weighted by molar-refractivity contribution is 7.42. The van der Waals surface area contributed by atoms with E-state index in [9.17, 15) is 0 Å². The smallest absolute Gasteiger partial charge is 0.397 e. The Kier molecular flexibility index (Phi) is 7.09. The van der Waals surface area contributed by atoms with E-state index in [1.165, 1.54) is 5.56 Å². The van der Waals surface area contributed by atoms with E-state index < -0.39 is 8.60 Å². The molecule has 0 bridgehead atoms. The maximum Gasteiger partial charge on any atom is 0.397 e. The zero-order valence-electron chi connectivity index (χ0n) is 18.1. The SMILES string of the molecule is ClCC1CNc2cc(OP(OCc3ccccc3)OCc3ccccc3)c3ccccc3c21. The third-order valence-corrected chi connectivity index (χ3v) is 7.11. The summed E-state index contributed by atoms with van der Waals surface area (Å²) in [6.07, 6.45) is 0. The van der Waals surface area contributed by atoms with E-state index in [0.717, 1.165) is 39.9 Å². The molecule has 0 fully saturated rings. The molecule has 5 rings (SSSR count). The summed E-state index contributed by atoms with van der Waals surface area (Å²) in [5.74, 6) is 1.61. The second kappa shape index (κ2) is 10.5. The molecular formula is C27H25ClNO3P. The van der Waals surface area contributed by atoms with Crippen molar-refractivity contribution in [3.63, 3.8) is 0 Å². The molecule has 1 heterocycles. The van der Waals surface area contributed by atoms with Crippen molar-refractivity contribution < 1.29 is 13.6 Å². The molecule has 1 aliphatic rings. The molecule has 1 unspecified atom stereocenters. The zero-order valence-corrected chi connectivity index (χ0v) is 19.8. The van der Waals surface area contributed by atoms with Crippen LogP contribution in [-0.2, 0) is 22.3 Å². The van der Waals surface area contributed by atoms with Crippen molar-refractivity contribution in [3.05, 3.63) is 108 Å². The molecule has 4 nitrogen and oxygen atoms in total. The first-order valence-corrected chi connectivity index (χ1v) is 12.6. The lowest BCUT2D eigenvalue weighted by molar-refractivity contribution is 0.193. The molecule has 4 aromatic rings.